The minimum atomic E-state index is 0.536. The van der Waals surface area contributed by atoms with Crippen LogP contribution in [0.25, 0.3) is 0 Å². The van der Waals surface area contributed by atoms with Crippen molar-refractivity contribution in [3.05, 3.63) is 0 Å². The van der Waals surface area contributed by atoms with Gasteiger partial charge < -0.3 is 0 Å². The summed E-state index contributed by atoms with van der Waals surface area (Å²) in [5.74, 6) is 2.03. The second-order valence-corrected chi connectivity index (χ2v) is 9.97. The van der Waals surface area contributed by atoms with Gasteiger partial charge in [0.1, 0.15) is 0 Å². The van der Waals surface area contributed by atoms with Gasteiger partial charge >= 0.3 is 106 Å². The van der Waals surface area contributed by atoms with Crippen LogP contribution in [0.2, 0.25) is 0 Å². The van der Waals surface area contributed by atoms with Gasteiger partial charge in [0.2, 0.25) is 0 Å². The molecular formula is C14H26I-. The zero-order valence-electron chi connectivity index (χ0n) is 10.3. The van der Waals surface area contributed by atoms with Crippen LogP contribution in [0, 0.1) is 11.8 Å². The average molecular weight is 321 g/mol. The molecule has 0 amide bonds. The van der Waals surface area contributed by atoms with Crippen LogP contribution >= 0.6 is 0 Å². The molecule has 15 heavy (non-hydrogen) atoms. The van der Waals surface area contributed by atoms with Gasteiger partial charge in [-0.15, -0.1) is 0 Å². The predicted octanol–water partition coefficient (Wildman–Crippen LogP) is 1.23. The molecule has 0 heterocycles. The molecule has 1 heteroatoms. The summed E-state index contributed by atoms with van der Waals surface area (Å²) in [4.78, 5) is 0. The second-order valence-electron chi connectivity index (χ2n) is 5.73. The summed E-state index contributed by atoms with van der Waals surface area (Å²) in [7, 11) is 0. The summed E-state index contributed by atoms with van der Waals surface area (Å²) < 4.78 is 2.40. The number of rotatable bonds is 2. The van der Waals surface area contributed by atoms with E-state index in [1.165, 1.54) is 20.7 Å². The van der Waals surface area contributed by atoms with Crippen LogP contribution in [0.5, 0.6) is 0 Å². The molecule has 0 N–H and O–H groups in total. The molecule has 90 valence electrons. The molecule has 3 unspecified atom stereocenters. The average Bonchev–Trinajstić information content (AvgIpc) is 2.25. The summed E-state index contributed by atoms with van der Waals surface area (Å²) in [6, 6.07) is 0. The van der Waals surface area contributed by atoms with Crippen LogP contribution in [0.3, 0.4) is 0 Å². The molecule has 2 saturated carbocycles. The zero-order chi connectivity index (χ0) is 10.7. The fourth-order valence-electron chi connectivity index (χ4n) is 3.03. The Hall–Kier alpha value is 0.730. The number of hydrogen-bond acceptors (Lipinski definition) is 0. The van der Waals surface area contributed by atoms with Crippen molar-refractivity contribution in [3.63, 3.8) is 0 Å². The molecule has 0 aromatic carbocycles. The first-order valence-corrected chi connectivity index (χ1v) is 9.37. The molecule has 2 fully saturated rings. The Bertz CT molecular complexity index is 184. The second kappa shape index (κ2) is 5.88. The van der Waals surface area contributed by atoms with Crippen LogP contribution in [0.1, 0.15) is 65.2 Å². The van der Waals surface area contributed by atoms with Crippen LogP contribution in [0.4, 0.5) is 0 Å². The van der Waals surface area contributed by atoms with Crippen molar-refractivity contribution in [1.29, 1.82) is 0 Å². The van der Waals surface area contributed by atoms with Gasteiger partial charge in [0.25, 0.3) is 0 Å². The molecule has 0 aromatic rings. The van der Waals surface area contributed by atoms with Crippen molar-refractivity contribution in [3.8, 4) is 0 Å². The summed E-state index contributed by atoms with van der Waals surface area (Å²) in [5, 5.41) is 0. The van der Waals surface area contributed by atoms with E-state index in [4.69, 9.17) is 0 Å². The van der Waals surface area contributed by atoms with Gasteiger partial charge in [0, 0.05) is 0 Å². The molecule has 0 nitrogen and oxygen atoms in total. The summed E-state index contributed by atoms with van der Waals surface area (Å²) in [5.41, 5.74) is 0. The van der Waals surface area contributed by atoms with Crippen LogP contribution in [-0.2, 0) is 0 Å². The first-order valence-electron chi connectivity index (χ1n) is 6.87. The third-order valence-electron chi connectivity index (χ3n) is 4.43. The van der Waals surface area contributed by atoms with Gasteiger partial charge in [0.15, 0.2) is 0 Å². The Kier molecular flexibility index (Phi) is 4.78. The Labute approximate surface area is 106 Å². The van der Waals surface area contributed by atoms with Gasteiger partial charge in [-0.2, -0.15) is 0 Å². The van der Waals surface area contributed by atoms with E-state index in [0.717, 1.165) is 11.8 Å². The first-order chi connectivity index (χ1) is 7.25. The maximum atomic E-state index is 2.49. The van der Waals surface area contributed by atoms with Crippen LogP contribution in [-0.4, -0.2) is 7.85 Å². The van der Waals surface area contributed by atoms with Crippen molar-refractivity contribution in [1.82, 2.24) is 0 Å². The van der Waals surface area contributed by atoms with E-state index in [0.29, 0.717) is 21.2 Å². The molecule has 3 atom stereocenters. The Morgan fingerprint density at radius 2 is 1.47 bits per heavy atom. The minimum absolute atomic E-state index is 0.536. The molecular weight excluding hydrogens is 295 g/mol. The molecule has 2 rings (SSSR count). The molecule has 0 spiro atoms. The summed E-state index contributed by atoms with van der Waals surface area (Å²) >= 11 is 0.536. The van der Waals surface area contributed by atoms with Gasteiger partial charge in [-0.3, -0.25) is 0 Å². The van der Waals surface area contributed by atoms with Gasteiger partial charge in [0.05, 0.1) is 0 Å². The SMILES string of the molecule is CC1CCC([I-]C2CCCCC2)CC1C. The molecule has 2 aliphatic rings. The van der Waals surface area contributed by atoms with E-state index >= 15 is 0 Å². The number of halogens is 1. The summed E-state index contributed by atoms with van der Waals surface area (Å²) in [6.07, 6.45) is 12.5. The van der Waals surface area contributed by atoms with E-state index < -0.39 is 0 Å². The number of hydrogen-bond donors (Lipinski definition) is 0. The fourth-order valence-corrected chi connectivity index (χ4v) is 7.88. The molecule has 0 bridgehead atoms. The Morgan fingerprint density at radius 1 is 0.733 bits per heavy atom. The molecule has 0 aromatic heterocycles. The van der Waals surface area contributed by atoms with E-state index in [1.807, 2.05) is 0 Å². The maximum absolute atomic E-state index is 2.49. The van der Waals surface area contributed by atoms with E-state index in [9.17, 15) is 0 Å². The topological polar surface area (TPSA) is 0 Å². The monoisotopic (exact) mass is 321 g/mol. The first kappa shape index (κ1) is 12.2. The summed E-state index contributed by atoms with van der Waals surface area (Å²) in [6.45, 7) is 4.95. The van der Waals surface area contributed by atoms with Gasteiger partial charge in [-0.1, -0.05) is 0 Å². The third kappa shape index (κ3) is 3.61. The van der Waals surface area contributed by atoms with Crippen molar-refractivity contribution in [2.24, 2.45) is 11.8 Å². The predicted molar refractivity (Wildman–Crippen MR) is 62.8 cm³/mol. The molecule has 0 radical (unpaired) electrons. The number of alkyl halides is 2. The van der Waals surface area contributed by atoms with E-state index in [2.05, 4.69) is 13.8 Å². The standard InChI is InChI=1S/C14H26I/c1-11-8-9-14(10-12(11)2)15-13-6-4-3-5-7-13/h11-14H,3-10H2,1-2H3/q-1. The molecule has 0 aliphatic heterocycles. The van der Waals surface area contributed by atoms with E-state index in [-0.39, 0.29) is 0 Å². The Morgan fingerprint density at radius 3 is 2.13 bits per heavy atom. The quantitative estimate of drug-likeness (QED) is 0.530. The fraction of sp³-hybridized carbons (Fsp3) is 1.00. The van der Waals surface area contributed by atoms with Crippen molar-refractivity contribution < 1.29 is 21.2 Å². The van der Waals surface area contributed by atoms with E-state index in [1.54, 1.807) is 38.5 Å². The van der Waals surface area contributed by atoms with Crippen LogP contribution < -0.4 is 21.2 Å². The van der Waals surface area contributed by atoms with Gasteiger partial charge in [-0.25, -0.2) is 0 Å². The zero-order valence-corrected chi connectivity index (χ0v) is 12.5. The van der Waals surface area contributed by atoms with Crippen LogP contribution in [0.15, 0.2) is 0 Å². The van der Waals surface area contributed by atoms with Gasteiger partial charge in [-0.05, 0) is 0 Å². The normalized spacial score (nSPS) is 39.5. The Balaban J connectivity index is 1.74. The van der Waals surface area contributed by atoms with Crippen molar-refractivity contribution in [2.45, 2.75) is 73.1 Å². The van der Waals surface area contributed by atoms with Crippen molar-refractivity contribution in [2.75, 3.05) is 0 Å². The van der Waals surface area contributed by atoms with Crippen molar-refractivity contribution >= 4 is 0 Å². The molecule has 2 aliphatic carbocycles. The third-order valence-corrected chi connectivity index (χ3v) is 8.84. The molecule has 0 saturated heterocycles.